The van der Waals surface area contributed by atoms with Crippen molar-refractivity contribution in [3.8, 4) is 11.5 Å². The Kier molecular flexibility index (Phi) is 5.40. The molecule has 124 valence electrons. The van der Waals surface area contributed by atoms with Gasteiger partial charge in [-0.3, -0.25) is 10.1 Å². The lowest BCUT2D eigenvalue weighted by atomic mass is 10.2. The minimum absolute atomic E-state index is 0.128. The van der Waals surface area contributed by atoms with Crippen LogP contribution in [-0.2, 0) is 19.1 Å². The van der Waals surface area contributed by atoms with Gasteiger partial charge in [0.25, 0.3) is 5.91 Å². The fraction of sp³-hybridized carbons (Fsp3) is 0.400. The third-order valence-electron chi connectivity index (χ3n) is 2.94. The van der Waals surface area contributed by atoms with Crippen LogP contribution in [0.2, 0.25) is 0 Å². The van der Waals surface area contributed by atoms with Crippen LogP contribution < -0.4 is 14.8 Å². The Labute approximate surface area is 132 Å². The second-order valence-electron chi connectivity index (χ2n) is 4.68. The molecule has 2 rings (SSSR count). The van der Waals surface area contributed by atoms with Gasteiger partial charge in [-0.25, -0.2) is 9.59 Å². The largest absolute Gasteiger partial charge is 0.482 e. The molecular formula is C15H17NO7. The zero-order valence-electron chi connectivity index (χ0n) is 12.7. The molecule has 0 aromatic heterocycles. The van der Waals surface area contributed by atoms with Gasteiger partial charge in [0.2, 0.25) is 6.10 Å². The number of ether oxygens (including phenoxy) is 4. The van der Waals surface area contributed by atoms with Crippen molar-refractivity contribution in [3.63, 3.8) is 0 Å². The molecule has 0 bridgehead atoms. The van der Waals surface area contributed by atoms with E-state index in [1.807, 2.05) is 5.32 Å². The summed E-state index contributed by atoms with van der Waals surface area (Å²) in [5.74, 6) is -0.597. The number of nitrogens with one attached hydrogen (secondary N) is 1. The molecule has 0 saturated heterocycles. The second kappa shape index (κ2) is 7.48. The van der Waals surface area contributed by atoms with E-state index in [0.717, 1.165) is 0 Å². The van der Waals surface area contributed by atoms with E-state index in [0.29, 0.717) is 11.5 Å². The second-order valence-corrected chi connectivity index (χ2v) is 4.68. The number of rotatable bonds is 4. The summed E-state index contributed by atoms with van der Waals surface area (Å²) < 4.78 is 20.5. The molecule has 23 heavy (non-hydrogen) atoms. The highest BCUT2D eigenvalue weighted by Gasteiger charge is 2.35. The van der Waals surface area contributed by atoms with Gasteiger partial charge in [0.05, 0.1) is 6.61 Å². The van der Waals surface area contributed by atoms with Gasteiger partial charge in [-0.2, -0.15) is 0 Å². The van der Waals surface area contributed by atoms with Gasteiger partial charge < -0.3 is 18.9 Å². The van der Waals surface area contributed by atoms with Crippen LogP contribution in [0.3, 0.4) is 0 Å². The van der Waals surface area contributed by atoms with E-state index < -0.39 is 36.8 Å². The van der Waals surface area contributed by atoms with Gasteiger partial charge in [-0.1, -0.05) is 12.1 Å². The number of amides is 2. The SMILES string of the molecule is CCOC(=O)NC(=O)COC(=O)C1Oc2ccccc2OC1C. The monoisotopic (exact) mass is 323 g/mol. The zero-order chi connectivity index (χ0) is 16.8. The van der Waals surface area contributed by atoms with E-state index >= 15 is 0 Å². The zero-order valence-corrected chi connectivity index (χ0v) is 12.7. The highest BCUT2D eigenvalue weighted by molar-refractivity contribution is 5.93. The molecule has 1 heterocycles. The lowest BCUT2D eigenvalue weighted by molar-refractivity contribution is -0.160. The topological polar surface area (TPSA) is 100 Å². The van der Waals surface area contributed by atoms with Crippen molar-refractivity contribution in [2.45, 2.75) is 26.1 Å². The van der Waals surface area contributed by atoms with Crippen LogP contribution in [0.4, 0.5) is 4.79 Å². The van der Waals surface area contributed by atoms with Gasteiger partial charge in [-0.15, -0.1) is 0 Å². The summed E-state index contributed by atoms with van der Waals surface area (Å²) >= 11 is 0. The Balaban J connectivity index is 1.86. The smallest absolute Gasteiger partial charge is 0.413 e. The number of esters is 1. The van der Waals surface area contributed by atoms with Gasteiger partial charge in [0.15, 0.2) is 18.1 Å². The summed E-state index contributed by atoms with van der Waals surface area (Å²) in [6, 6.07) is 6.91. The van der Waals surface area contributed by atoms with Gasteiger partial charge in [0.1, 0.15) is 6.10 Å². The number of carbonyl (C=O) groups excluding carboxylic acids is 3. The molecule has 0 spiro atoms. The molecule has 2 atom stereocenters. The summed E-state index contributed by atoms with van der Waals surface area (Å²) in [4.78, 5) is 34.5. The van der Waals surface area contributed by atoms with Crippen molar-refractivity contribution in [3.05, 3.63) is 24.3 Å². The Morgan fingerprint density at radius 3 is 2.43 bits per heavy atom. The standard InChI is InChI=1S/C15H17NO7/c1-3-20-15(19)16-12(17)8-21-14(18)13-9(2)22-10-6-4-5-7-11(10)23-13/h4-7,9,13H,3,8H2,1-2H3,(H,16,17,19). The van der Waals surface area contributed by atoms with Crippen molar-refractivity contribution in [2.24, 2.45) is 0 Å². The normalized spacial score (nSPS) is 18.7. The van der Waals surface area contributed by atoms with Crippen LogP contribution in [0.5, 0.6) is 11.5 Å². The summed E-state index contributed by atoms with van der Waals surface area (Å²) in [6.07, 6.45) is -2.47. The number of para-hydroxylation sites is 2. The molecule has 2 unspecified atom stereocenters. The number of fused-ring (bicyclic) bond motifs is 1. The van der Waals surface area contributed by atoms with E-state index in [-0.39, 0.29) is 6.61 Å². The summed E-state index contributed by atoms with van der Waals surface area (Å²) in [7, 11) is 0. The number of carbonyl (C=O) groups is 3. The van der Waals surface area contributed by atoms with Crippen LogP contribution in [0.15, 0.2) is 24.3 Å². The predicted molar refractivity (Wildman–Crippen MR) is 77.1 cm³/mol. The van der Waals surface area contributed by atoms with Crippen molar-refractivity contribution in [1.29, 1.82) is 0 Å². The number of hydrogen-bond donors (Lipinski definition) is 1. The van der Waals surface area contributed by atoms with Crippen LogP contribution in [0, 0.1) is 0 Å². The number of benzene rings is 1. The van der Waals surface area contributed by atoms with Crippen molar-refractivity contribution in [1.82, 2.24) is 5.32 Å². The van der Waals surface area contributed by atoms with E-state index in [4.69, 9.17) is 14.2 Å². The summed E-state index contributed by atoms with van der Waals surface area (Å²) in [5.41, 5.74) is 0. The minimum Gasteiger partial charge on any atom is -0.482 e. The maximum Gasteiger partial charge on any atom is 0.413 e. The first-order valence-corrected chi connectivity index (χ1v) is 7.06. The minimum atomic E-state index is -1.000. The summed E-state index contributed by atoms with van der Waals surface area (Å²) in [6.45, 7) is 2.76. The molecule has 1 aromatic rings. The molecule has 1 N–H and O–H groups in total. The fourth-order valence-electron chi connectivity index (χ4n) is 1.92. The van der Waals surface area contributed by atoms with Crippen molar-refractivity contribution < 1.29 is 33.3 Å². The van der Waals surface area contributed by atoms with Crippen LogP contribution >= 0.6 is 0 Å². The third kappa shape index (κ3) is 4.35. The maximum atomic E-state index is 12.0. The number of imide groups is 1. The Bertz CT molecular complexity index is 601. The molecule has 8 heteroatoms. The van der Waals surface area contributed by atoms with Gasteiger partial charge >= 0.3 is 12.1 Å². The molecule has 0 aliphatic carbocycles. The average Bonchev–Trinajstić information content (AvgIpc) is 2.52. The van der Waals surface area contributed by atoms with Crippen molar-refractivity contribution >= 4 is 18.0 Å². The molecule has 0 saturated carbocycles. The number of hydrogen-bond acceptors (Lipinski definition) is 7. The maximum absolute atomic E-state index is 12.0. The van der Waals surface area contributed by atoms with E-state index in [1.54, 1.807) is 38.1 Å². The first kappa shape index (κ1) is 16.6. The van der Waals surface area contributed by atoms with E-state index in [2.05, 4.69) is 4.74 Å². The lowest BCUT2D eigenvalue weighted by Gasteiger charge is -2.30. The third-order valence-corrected chi connectivity index (χ3v) is 2.94. The van der Waals surface area contributed by atoms with Crippen LogP contribution in [0.25, 0.3) is 0 Å². The van der Waals surface area contributed by atoms with E-state index in [1.165, 1.54) is 0 Å². The first-order chi connectivity index (χ1) is 11.0. The van der Waals surface area contributed by atoms with Gasteiger partial charge in [-0.05, 0) is 26.0 Å². The molecule has 0 fully saturated rings. The van der Waals surface area contributed by atoms with Crippen molar-refractivity contribution in [2.75, 3.05) is 13.2 Å². The Morgan fingerprint density at radius 2 is 1.78 bits per heavy atom. The molecular weight excluding hydrogens is 306 g/mol. The molecule has 1 aliphatic heterocycles. The predicted octanol–water partition coefficient (Wildman–Crippen LogP) is 1.03. The fourth-order valence-corrected chi connectivity index (χ4v) is 1.92. The van der Waals surface area contributed by atoms with Crippen LogP contribution in [0.1, 0.15) is 13.8 Å². The summed E-state index contributed by atoms with van der Waals surface area (Å²) in [5, 5.41) is 1.92. The molecule has 8 nitrogen and oxygen atoms in total. The molecule has 1 aromatic carbocycles. The van der Waals surface area contributed by atoms with E-state index in [9.17, 15) is 14.4 Å². The van der Waals surface area contributed by atoms with Gasteiger partial charge in [0, 0.05) is 0 Å². The molecule has 2 amide bonds. The molecule has 1 aliphatic rings. The quantitative estimate of drug-likeness (QED) is 0.826. The highest BCUT2D eigenvalue weighted by atomic mass is 16.6. The molecule has 0 radical (unpaired) electrons. The lowest BCUT2D eigenvalue weighted by Crippen LogP contribution is -2.45. The first-order valence-electron chi connectivity index (χ1n) is 7.06. The highest BCUT2D eigenvalue weighted by Crippen LogP contribution is 2.33. The van der Waals surface area contributed by atoms with Crippen LogP contribution in [-0.4, -0.2) is 43.4 Å². The number of alkyl carbamates (subject to hydrolysis) is 1. The average molecular weight is 323 g/mol. The Hall–Kier alpha value is -2.77. The Morgan fingerprint density at radius 1 is 1.13 bits per heavy atom.